The van der Waals surface area contributed by atoms with Crippen LogP contribution in [0.4, 0.5) is 5.69 Å². The van der Waals surface area contributed by atoms with Crippen LogP contribution in [-0.4, -0.2) is 36.1 Å². The molecule has 0 atom stereocenters. The van der Waals surface area contributed by atoms with Crippen LogP contribution in [-0.2, 0) is 17.9 Å². The molecule has 2 aromatic rings. The number of hydrogen-bond acceptors (Lipinski definition) is 5. The molecule has 0 saturated carbocycles. The monoisotopic (exact) mass is 328 g/mol. The third-order valence-corrected chi connectivity index (χ3v) is 3.99. The second-order valence-electron chi connectivity index (χ2n) is 5.71. The summed E-state index contributed by atoms with van der Waals surface area (Å²) in [5.41, 5.74) is 1.98. The summed E-state index contributed by atoms with van der Waals surface area (Å²) in [6, 6.07) is 14.5. The first-order chi connectivity index (χ1) is 11.7. The first-order valence-corrected chi connectivity index (χ1v) is 7.96. The van der Waals surface area contributed by atoms with Gasteiger partial charge in [0.05, 0.1) is 18.1 Å². The van der Waals surface area contributed by atoms with E-state index in [4.69, 9.17) is 9.47 Å². The maximum atomic E-state index is 10.9. The van der Waals surface area contributed by atoms with E-state index in [0.717, 1.165) is 49.7 Å². The molecule has 0 spiro atoms. The number of benzene rings is 2. The maximum Gasteiger partial charge on any atom is 0.269 e. The van der Waals surface area contributed by atoms with Crippen molar-refractivity contribution in [1.29, 1.82) is 0 Å². The fourth-order valence-corrected chi connectivity index (χ4v) is 2.70. The Bertz CT molecular complexity index is 699. The van der Waals surface area contributed by atoms with Crippen LogP contribution in [0.2, 0.25) is 0 Å². The maximum absolute atomic E-state index is 10.9. The minimum atomic E-state index is -0.393. The third kappa shape index (κ3) is 4.31. The van der Waals surface area contributed by atoms with E-state index in [9.17, 15) is 10.1 Å². The number of ether oxygens (including phenoxy) is 2. The molecule has 0 aliphatic carbocycles. The number of morpholine rings is 1. The molecule has 0 aromatic heterocycles. The zero-order valence-electron chi connectivity index (χ0n) is 13.4. The Kier molecular flexibility index (Phi) is 5.40. The number of nitrogens with zero attached hydrogens (tertiary/aromatic N) is 2. The molecular weight excluding hydrogens is 308 g/mol. The highest BCUT2D eigenvalue weighted by Crippen LogP contribution is 2.22. The minimum Gasteiger partial charge on any atom is -0.489 e. The second kappa shape index (κ2) is 7.90. The van der Waals surface area contributed by atoms with Crippen LogP contribution in [0.3, 0.4) is 0 Å². The van der Waals surface area contributed by atoms with E-state index >= 15 is 0 Å². The van der Waals surface area contributed by atoms with Gasteiger partial charge in [-0.1, -0.05) is 30.3 Å². The molecule has 1 aliphatic heterocycles. The number of non-ortho nitro benzene ring substituents is 1. The molecule has 1 fully saturated rings. The molecular formula is C18H20N2O4. The van der Waals surface area contributed by atoms with Gasteiger partial charge in [0, 0.05) is 37.3 Å². The van der Waals surface area contributed by atoms with E-state index in [1.54, 1.807) is 12.1 Å². The van der Waals surface area contributed by atoms with Crippen molar-refractivity contribution in [2.75, 3.05) is 26.3 Å². The number of rotatable bonds is 6. The average Bonchev–Trinajstić information content (AvgIpc) is 2.62. The molecule has 1 saturated heterocycles. The summed E-state index contributed by atoms with van der Waals surface area (Å²) >= 11 is 0. The first-order valence-electron chi connectivity index (χ1n) is 7.96. The summed E-state index contributed by atoms with van der Waals surface area (Å²) < 4.78 is 11.3. The Morgan fingerprint density at radius 1 is 1.12 bits per heavy atom. The average molecular weight is 328 g/mol. The molecule has 0 amide bonds. The van der Waals surface area contributed by atoms with Crippen molar-refractivity contribution in [3.63, 3.8) is 0 Å². The standard InChI is InChI=1S/C18H20N2O4/c21-20(22)17-6-3-4-15(12-17)14-24-18-7-2-1-5-16(18)13-19-8-10-23-11-9-19/h1-7,12H,8-11,13-14H2. The van der Waals surface area contributed by atoms with Gasteiger partial charge >= 0.3 is 0 Å². The lowest BCUT2D eigenvalue weighted by Gasteiger charge is -2.27. The van der Waals surface area contributed by atoms with Crippen LogP contribution in [0.5, 0.6) is 5.75 Å². The van der Waals surface area contributed by atoms with Crippen LogP contribution in [0, 0.1) is 10.1 Å². The Labute approximate surface area is 140 Å². The van der Waals surface area contributed by atoms with Gasteiger partial charge in [-0.05, 0) is 11.6 Å². The SMILES string of the molecule is O=[N+]([O-])c1cccc(COc2ccccc2CN2CCOCC2)c1. The van der Waals surface area contributed by atoms with Gasteiger partial charge in [-0.15, -0.1) is 0 Å². The van der Waals surface area contributed by atoms with Crippen LogP contribution in [0.25, 0.3) is 0 Å². The molecule has 0 bridgehead atoms. The van der Waals surface area contributed by atoms with Gasteiger partial charge in [-0.2, -0.15) is 0 Å². The van der Waals surface area contributed by atoms with E-state index in [1.807, 2.05) is 24.3 Å². The summed E-state index contributed by atoms with van der Waals surface area (Å²) in [5.74, 6) is 0.815. The molecule has 2 aromatic carbocycles. The highest BCUT2D eigenvalue weighted by Gasteiger charge is 2.13. The predicted octanol–water partition coefficient (Wildman–Crippen LogP) is 3.01. The summed E-state index contributed by atoms with van der Waals surface area (Å²) in [6.07, 6.45) is 0. The third-order valence-electron chi connectivity index (χ3n) is 3.99. The van der Waals surface area contributed by atoms with Gasteiger partial charge in [0.15, 0.2) is 0 Å². The first kappa shape index (κ1) is 16.4. The van der Waals surface area contributed by atoms with E-state index in [2.05, 4.69) is 11.0 Å². The summed E-state index contributed by atoms with van der Waals surface area (Å²) in [4.78, 5) is 12.8. The zero-order valence-corrected chi connectivity index (χ0v) is 13.4. The van der Waals surface area contributed by atoms with E-state index < -0.39 is 4.92 Å². The lowest BCUT2D eigenvalue weighted by molar-refractivity contribution is -0.384. The van der Waals surface area contributed by atoms with Crippen molar-refractivity contribution in [1.82, 2.24) is 4.90 Å². The normalized spacial score (nSPS) is 15.2. The van der Waals surface area contributed by atoms with Gasteiger partial charge in [-0.3, -0.25) is 15.0 Å². The molecule has 0 radical (unpaired) electrons. The van der Waals surface area contributed by atoms with Crippen molar-refractivity contribution in [2.45, 2.75) is 13.2 Å². The Balaban J connectivity index is 1.66. The van der Waals surface area contributed by atoms with Gasteiger partial charge in [0.1, 0.15) is 12.4 Å². The molecule has 6 nitrogen and oxygen atoms in total. The van der Waals surface area contributed by atoms with Crippen molar-refractivity contribution in [3.8, 4) is 5.75 Å². The Morgan fingerprint density at radius 2 is 1.92 bits per heavy atom. The molecule has 3 rings (SSSR count). The summed E-state index contributed by atoms with van der Waals surface area (Å²) in [6.45, 7) is 4.47. The topological polar surface area (TPSA) is 64.8 Å². The molecule has 1 aliphatic rings. The Hall–Kier alpha value is -2.44. The van der Waals surface area contributed by atoms with Crippen LogP contribution in [0.1, 0.15) is 11.1 Å². The van der Waals surface area contributed by atoms with Crippen molar-refractivity contribution in [2.24, 2.45) is 0 Å². The second-order valence-corrected chi connectivity index (χ2v) is 5.71. The van der Waals surface area contributed by atoms with Crippen LogP contribution >= 0.6 is 0 Å². The van der Waals surface area contributed by atoms with Crippen molar-refractivity contribution in [3.05, 3.63) is 69.8 Å². The minimum absolute atomic E-state index is 0.0812. The molecule has 1 heterocycles. The molecule has 126 valence electrons. The van der Waals surface area contributed by atoms with Gasteiger partial charge in [0.2, 0.25) is 0 Å². The fraction of sp³-hybridized carbons (Fsp3) is 0.333. The van der Waals surface area contributed by atoms with Crippen LogP contribution < -0.4 is 4.74 Å². The molecule has 0 N–H and O–H groups in total. The number of nitro groups is 1. The molecule has 6 heteroatoms. The zero-order chi connectivity index (χ0) is 16.8. The lowest BCUT2D eigenvalue weighted by Crippen LogP contribution is -2.35. The van der Waals surface area contributed by atoms with Crippen molar-refractivity contribution >= 4 is 5.69 Å². The predicted molar refractivity (Wildman–Crippen MR) is 90.0 cm³/mol. The van der Waals surface area contributed by atoms with Gasteiger partial charge < -0.3 is 9.47 Å². The van der Waals surface area contributed by atoms with Crippen LogP contribution in [0.15, 0.2) is 48.5 Å². The van der Waals surface area contributed by atoms with E-state index in [-0.39, 0.29) is 5.69 Å². The van der Waals surface area contributed by atoms with E-state index in [0.29, 0.717) is 6.61 Å². The summed E-state index contributed by atoms with van der Waals surface area (Å²) in [5, 5.41) is 10.9. The van der Waals surface area contributed by atoms with E-state index in [1.165, 1.54) is 6.07 Å². The van der Waals surface area contributed by atoms with Gasteiger partial charge in [0.25, 0.3) is 5.69 Å². The molecule has 0 unspecified atom stereocenters. The quantitative estimate of drug-likeness (QED) is 0.602. The van der Waals surface area contributed by atoms with Gasteiger partial charge in [-0.25, -0.2) is 0 Å². The fourth-order valence-electron chi connectivity index (χ4n) is 2.70. The highest BCUT2D eigenvalue weighted by atomic mass is 16.6. The number of hydrogen-bond donors (Lipinski definition) is 0. The Morgan fingerprint density at radius 3 is 2.71 bits per heavy atom. The summed E-state index contributed by atoms with van der Waals surface area (Å²) in [7, 11) is 0. The van der Waals surface area contributed by atoms with Crippen molar-refractivity contribution < 1.29 is 14.4 Å². The smallest absolute Gasteiger partial charge is 0.269 e. The lowest BCUT2D eigenvalue weighted by atomic mass is 10.1. The molecule has 24 heavy (non-hydrogen) atoms. The highest BCUT2D eigenvalue weighted by molar-refractivity contribution is 5.36. The number of nitro benzene ring substituents is 1. The number of para-hydroxylation sites is 1. The largest absolute Gasteiger partial charge is 0.489 e.